The van der Waals surface area contributed by atoms with Crippen molar-refractivity contribution in [2.24, 2.45) is 0 Å². The normalized spacial score (nSPS) is 10.3. The summed E-state index contributed by atoms with van der Waals surface area (Å²) in [5.41, 5.74) is 0.398. The van der Waals surface area contributed by atoms with E-state index in [9.17, 15) is 9.59 Å². The molecule has 0 aliphatic rings. The monoisotopic (exact) mass is 388 g/mol. The second-order valence-electron chi connectivity index (χ2n) is 4.54. The lowest BCUT2D eigenvalue weighted by molar-refractivity contribution is -0.121. The number of amides is 1. The second-order valence-corrected chi connectivity index (χ2v) is 5.46. The maximum atomic E-state index is 12.3. The Morgan fingerprint density at radius 2 is 2.14 bits per heavy atom. The fraction of sp³-hybridized carbons (Fsp3) is 0.357. The van der Waals surface area contributed by atoms with Gasteiger partial charge in [-0.2, -0.15) is 0 Å². The van der Waals surface area contributed by atoms with E-state index in [1.165, 1.54) is 10.9 Å². The zero-order valence-electron chi connectivity index (χ0n) is 12.1. The van der Waals surface area contributed by atoms with Gasteiger partial charge in [-0.25, -0.2) is 4.98 Å². The van der Waals surface area contributed by atoms with Crippen molar-refractivity contribution in [2.75, 3.05) is 19.6 Å². The van der Waals surface area contributed by atoms with E-state index in [4.69, 9.17) is 0 Å². The van der Waals surface area contributed by atoms with E-state index in [1.807, 2.05) is 13.0 Å². The van der Waals surface area contributed by atoms with Gasteiger partial charge >= 0.3 is 0 Å². The molecule has 8 heteroatoms. The lowest BCUT2D eigenvalue weighted by Gasteiger charge is -2.08. The van der Waals surface area contributed by atoms with E-state index in [2.05, 4.69) is 31.5 Å². The van der Waals surface area contributed by atoms with Crippen molar-refractivity contribution in [3.63, 3.8) is 0 Å². The van der Waals surface area contributed by atoms with Crippen LogP contribution in [0, 0.1) is 0 Å². The van der Waals surface area contributed by atoms with Gasteiger partial charge in [-0.1, -0.05) is 22.9 Å². The highest BCUT2D eigenvalue weighted by Crippen LogP contribution is 2.14. The molecule has 2 rings (SSSR count). The number of likely N-dealkylation sites (N-methyl/N-ethyl adjacent to an activating group) is 1. The first-order valence-electron chi connectivity index (χ1n) is 6.74. The molecule has 0 aliphatic heterocycles. The van der Waals surface area contributed by atoms with Gasteiger partial charge in [-0.05, 0) is 24.7 Å². The Morgan fingerprint density at radius 3 is 2.86 bits per heavy atom. The van der Waals surface area contributed by atoms with Crippen molar-refractivity contribution >= 4 is 45.1 Å². The predicted molar refractivity (Wildman–Crippen MR) is 92.5 cm³/mol. The first-order valence-corrected chi connectivity index (χ1v) is 7.53. The van der Waals surface area contributed by atoms with Crippen LogP contribution in [-0.4, -0.2) is 35.1 Å². The average Bonchev–Trinajstić information content (AvgIpc) is 2.47. The Balaban J connectivity index is 0.00000242. The number of rotatable bonds is 6. The molecule has 0 fully saturated rings. The SMILES string of the molecule is CCNCCNC(=O)Cn1cnc2ccc(Br)cc2c1=O.Cl. The number of nitrogens with one attached hydrogen (secondary N) is 2. The quantitative estimate of drug-likeness (QED) is 0.730. The molecule has 1 aromatic carbocycles. The fourth-order valence-electron chi connectivity index (χ4n) is 1.92. The number of carbonyl (C=O) groups excluding carboxylic acids is 1. The molecule has 1 aromatic heterocycles. The molecule has 120 valence electrons. The van der Waals surface area contributed by atoms with Crippen molar-refractivity contribution in [3.8, 4) is 0 Å². The Morgan fingerprint density at radius 1 is 1.36 bits per heavy atom. The number of hydrogen-bond donors (Lipinski definition) is 2. The second kappa shape index (κ2) is 8.87. The van der Waals surface area contributed by atoms with Crippen LogP contribution in [0.3, 0.4) is 0 Å². The van der Waals surface area contributed by atoms with Crippen molar-refractivity contribution < 1.29 is 4.79 Å². The number of hydrogen-bond acceptors (Lipinski definition) is 4. The molecule has 0 saturated heterocycles. The number of carbonyl (C=O) groups is 1. The molecule has 2 N–H and O–H groups in total. The maximum Gasteiger partial charge on any atom is 0.261 e. The molecule has 0 atom stereocenters. The van der Waals surface area contributed by atoms with Crippen LogP contribution < -0.4 is 16.2 Å². The molecule has 22 heavy (non-hydrogen) atoms. The van der Waals surface area contributed by atoms with Gasteiger partial charge in [0, 0.05) is 17.6 Å². The highest BCUT2D eigenvalue weighted by Gasteiger charge is 2.08. The average molecular weight is 390 g/mol. The van der Waals surface area contributed by atoms with Crippen LogP contribution in [0.4, 0.5) is 0 Å². The third-order valence-corrected chi connectivity index (χ3v) is 3.47. The predicted octanol–water partition coefficient (Wildman–Crippen LogP) is 1.31. The number of nitrogens with zero attached hydrogens (tertiary/aromatic N) is 2. The summed E-state index contributed by atoms with van der Waals surface area (Å²) in [5, 5.41) is 6.36. The molecule has 0 aliphatic carbocycles. The molecular weight excluding hydrogens is 372 g/mol. The van der Waals surface area contributed by atoms with Gasteiger partial charge in [0.1, 0.15) is 6.54 Å². The van der Waals surface area contributed by atoms with Crippen molar-refractivity contribution in [3.05, 3.63) is 39.4 Å². The molecular formula is C14H18BrClN4O2. The van der Waals surface area contributed by atoms with Crippen LogP contribution in [0.1, 0.15) is 6.92 Å². The zero-order chi connectivity index (χ0) is 15.2. The van der Waals surface area contributed by atoms with Gasteiger partial charge in [0.25, 0.3) is 5.56 Å². The topological polar surface area (TPSA) is 76.0 Å². The van der Waals surface area contributed by atoms with Crippen LogP contribution in [0.25, 0.3) is 10.9 Å². The summed E-state index contributed by atoms with van der Waals surface area (Å²) in [4.78, 5) is 28.3. The van der Waals surface area contributed by atoms with Crippen LogP contribution in [-0.2, 0) is 11.3 Å². The van der Waals surface area contributed by atoms with Crippen molar-refractivity contribution in [1.82, 2.24) is 20.2 Å². The zero-order valence-corrected chi connectivity index (χ0v) is 14.5. The third-order valence-electron chi connectivity index (χ3n) is 2.97. The minimum absolute atomic E-state index is 0. The minimum atomic E-state index is -0.219. The molecule has 2 aromatic rings. The van der Waals surface area contributed by atoms with Crippen LogP contribution in [0.15, 0.2) is 33.8 Å². The highest BCUT2D eigenvalue weighted by molar-refractivity contribution is 9.10. The smallest absolute Gasteiger partial charge is 0.261 e. The summed E-state index contributed by atoms with van der Waals surface area (Å²) >= 11 is 3.33. The molecule has 0 bridgehead atoms. The number of benzene rings is 1. The molecule has 1 heterocycles. The van der Waals surface area contributed by atoms with Crippen molar-refractivity contribution in [2.45, 2.75) is 13.5 Å². The molecule has 0 saturated carbocycles. The molecule has 0 unspecified atom stereocenters. The first kappa shape index (κ1) is 18.6. The summed E-state index contributed by atoms with van der Waals surface area (Å²) in [5.74, 6) is -0.203. The summed E-state index contributed by atoms with van der Waals surface area (Å²) < 4.78 is 2.12. The van der Waals surface area contributed by atoms with E-state index in [-0.39, 0.29) is 30.4 Å². The van der Waals surface area contributed by atoms with E-state index in [1.54, 1.807) is 12.1 Å². The molecule has 6 nitrogen and oxygen atoms in total. The third kappa shape index (κ3) is 4.79. The Bertz CT molecular complexity index is 705. The molecule has 1 amide bonds. The largest absolute Gasteiger partial charge is 0.353 e. The fourth-order valence-corrected chi connectivity index (χ4v) is 2.28. The summed E-state index contributed by atoms with van der Waals surface area (Å²) in [6.45, 7) is 4.08. The Labute approximate surface area is 142 Å². The van der Waals surface area contributed by atoms with Gasteiger partial charge in [0.15, 0.2) is 0 Å². The van der Waals surface area contributed by atoms with Crippen LogP contribution in [0.5, 0.6) is 0 Å². The number of halogens is 2. The van der Waals surface area contributed by atoms with Gasteiger partial charge in [-0.15, -0.1) is 12.4 Å². The first-order chi connectivity index (χ1) is 10.1. The van der Waals surface area contributed by atoms with Crippen LogP contribution >= 0.6 is 28.3 Å². The van der Waals surface area contributed by atoms with Gasteiger partial charge in [-0.3, -0.25) is 14.2 Å². The highest BCUT2D eigenvalue weighted by atomic mass is 79.9. The minimum Gasteiger partial charge on any atom is -0.353 e. The standard InChI is InChI=1S/C14H17BrN4O2.ClH/c1-2-16-5-6-17-13(20)8-19-9-18-12-4-3-10(15)7-11(12)14(19)21;/h3-4,7,9,16H,2,5-6,8H2,1H3,(H,17,20);1H. The molecule has 0 radical (unpaired) electrons. The Hall–Kier alpha value is -1.44. The molecule has 0 spiro atoms. The van der Waals surface area contributed by atoms with Crippen molar-refractivity contribution in [1.29, 1.82) is 0 Å². The van der Waals surface area contributed by atoms with Gasteiger partial charge in [0.05, 0.1) is 17.2 Å². The van der Waals surface area contributed by atoms with Gasteiger partial charge < -0.3 is 10.6 Å². The van der Waals surface area contributed by atoms with Gasteiger partial charge in [0.2, 0.25) is 5.91 Å². The van der Waals surface area contributed by atoms with E-state index >= 15 is 0 Å². The number of fused-ring (bicyclic) bond motifs is 1. The van der Waals surface area contributed by atoms with E-state index < -0.39 is 0 Å². The maximum absolute atomic E-state index is 12.3. The summed E-state index contributed by atoms with van der Waals surface area (Å²) in [7, 11) is 0. The number of aromatic nitrogens is 2. The lowest BCUT2D eigenvalue weighted by Crippen LogP contribution is -2.36. The lowest BCUT2D eigenvalue weighted by atomic mass is 10.2. The van der Waals surface area contributed by atoms with E-state index in [0.717, 1.165) is 11.0 Å². The van der Waals surface area contributed by atoms with E-state index in [0.29, 0.717) is 24.0 Å². The Kier molecular flexibility index (Phi) is 7.50. The summed E-state index contributed by atoms with van der Waals surface area (Å²) in [6, 6.07) is 5.30. The summed E-state index contributed by atoms with van der Waals surface area (Å²) in [6.07, 6.45) is 1.41. The van der Waals surface area contributed by atoms with Crippen LogP contribution in [0.2, 0.25) is 0 Å².